The van der Waals surface area contributed by atoms with Crippen molar-refractivity contribution in [1.29, 1.82) is 5.26 Å². The predicted octanol–water partition coefficient (Wildman–Crippen LogP) is 1.81. The van der Waals surface area contributed by atoms with Crippen LogP contribution in [-0.4, -0.2) is 32.2 Å². The number of aromatic nitrogens is 3. The van der Waals surface area contributed by atoms with Gasteiger partial charge in [0.05, 0.1) is 24.8 Å². The number of pyridine rings is 1. The number of nitrogens with one attached hydrogen (secondary N) is 2. The monoisotopic (exact) mass is 460 g/mol. The van der Waals surface area contributed by atoms with E-state index in [0.717, 1.165) is 0 Å². The van der Waals surface area contributed by atoms with Crippen molar-refractivity contribution in [1.82, 2.24) is 19.9 Å². The molecule has 10 nitrogen and oxygen atoms in total. The van der Waals surface area contributed by atoms with Gasteiger partial charge in [-0.15, -0.1) is 0 Å². The number of amidine groups is 1. The molecule has 2 amide bonds. The first kappa shape index (κ1) is 22.6. The van der Waals surface area contributed by atoms with Crippen LogP contribution in [0.3, 0.4) is 0 Å². The highest BCUT2D eigenvalue weighted by atomic mass is 19.1. The van der Waals surface area contributed by atoms with E-state index in [4.69, 9.17) is 11.0 Å². The van der Waals surface area contributed by atoms with E-state index in [1.807, 2.05) is 6.07 Å². The van der Waals surface area contributed by atoms with Crippen molar-refractivity contribution in [2.75, 3.05) is 5.32 Å². The molecular weight excluding hydrogens is 439 g/mol. The van der Waals surface area contributed by atoms with Gasteiger partial charge in [0.1, 0.15) is 40.5 Å². The van der Waals surface area contributed by atoms with Crippen molar-refractivity contribution in [2.24, 2.45) is 10.7 Å². The van der Waals surface area contributed by atoms with Crippen LogP contribution in [-0.2, 0) is 23.4 Å². The number of benzene rings is 1. The van der Waals surface area contributed by atoms with Crippen LogP contribution in [0.15, 0.2) is 47.7 Å². The number of aliphatic imine (C=N–C) groups is 1. The molecule has 0 fully saturated rings. The number of hydrogen-bond acceptors (Lipinski definition) is 7. The van der Waals surface area contributed by atoms with Gasteiger partial charge in [-0.25, -0.2) is 14.4 Å². The maximum absolute atomic E-state index is 15.0. The highest BCUT2D eigenvalue weighted by molar-refractivity contribution is 6.03. The summed E-state index contributed by atoms with van der Waals surface area (Å²) in [4.78, 5) is 36.7. The Balaban J connectivity index is 1.63. The van der Waals surface area contributed by atoms with Crippen LogP contribution in [0.1, 0.15) is 47.0 Å². The minimum atomic E-state index is -1.10. The predicted molar refractivity (Wildman–Crippen MR) is 121 cm³/mol. The summed E-state index contributed by atoms with van der Waals surface area (Å²) in [7, 11) is 0. The maximum atomic E-state index is 15.0. The molecule has 4 N–H and O–H groups in total. The van der Waals surface area contributed by atoms with E-state index < -0.39 is 17.3 Å². The first-order valence-corrected chi connectivity index (χ1v) is 10.3. The van der Waals surface area contributed by atoms with Crippen molar-refractivity contribution >= 4 is 23.3 Å². The largest absolute Gasteiger partial charge is 0.382 e. The second-order valence-corrected chi connectivity index (χ2v) is 8.02. The van der Waals surface area contributed by atoms with Gasteiger partial charge in [-0.1, -0.05) is 0 Å². The second kappa shape index (κ2) is 8.74. The molecule has 11 heteroatoms. The molecule has 3 aromatic rings. The van der Waals surface area contributed by atoms with Gasteiger partial charge in [-0.2, -0.15) is 5.26 Å². The summed E-state index contributed by atoms with van der Waals surface area (Å²) in [6.45, 7) is 3.55. The van der Waals surface area contributed by atoms with Crippen LogP contribution >= 0.6 is 0 Å². The number of rotatable bonds is 5. The van der Waals surface area contributed by atoms with Crippen LogP contribution < -0.4 is 16.4 Å². The number of nitriles is 1. The fourth-order valence-electron chi connectivity index (χ4n) is 3.76. The standard InChI is InChI=1S/C23H21FN8O2/c1-13(33)27-11-20-29-10-19-21(26)31-23(2,12-32(19)20)16-7-15(4-5-17(16)24)30-22(34)18-6-3-14(8-25)9-28-18/h3-7,9-10H,11-12H2,1-2H3,(H2,26,31)(H,27,33)(H,30,34)/t23-/m0/s1. The zero-order valence-electron chi connectivity index (χ0n) is 18.5. The molecule has 0 spiro atoms. The van der Waals surface area contributed by atoms with E-state index in [9.17, 15) is 14.0 Å². The van der Waals surface area contributed by atoms with E-state index in [-0.39, 0.29) is 36.1 Å². The van der Waals surface area contributed by atoms with Gasteiger partial charge >= 0.3 is 0 Å². The Hall–Kier alpha value is -4.59. The molecule has 1 aliphatic heterocycles. The Morgan fingerprint density at radius 1 is 1.26 bits per heavy atom. The summed E-state index contributed by atoms with van der Waals surface area (Å²) < 4.78 is 16.8. The number of carbonyl (C=O) groups excluding carboxylic acids is 2. The maximum Gasteiger partial charge on any atom is 0.274 e. The van der Waals surface area contributed by atoms with Gasteiger partial charge in [-0.3, -0.25) is 14.6 Å². The molecule has 0 aliphatic carbocycles. The zero-order valence-corrected chi connectivity index (χ0v) is 18.5. The summed E-state index contributed by atoms with van der Waals surface area (Å²) in [5.41, 5.74) is 6.67. The van der Waals surface area contributed by atoms with Gasteiger partial charge in [0.2, 0.25) is 5.91 Å². The van der Waals surface area contributed by atoms with Crippen molar-refractivity contribution < 1.29 is 14.0 Å². The molecule has 0 radical (unpaired) electrons. The number of nitrogens with zero attached hydrogens (tertiary/aromatic N) is 5. The van der Waals surface area contributed by atoms with Crippen LogP contribution in [0.25, 0.3) is 0 Å². The number of nitrogens with two attached hydrogens (primary N) is 1. The molecule has 0 bridgehead atoms. The topological polar surface area (TPSA) is 151 Å². The second-order valence-electron chi connectivity index (χ2n) is 8.02. The number of imidazole rings is 1. The van der Waals surface area contributed by atoms with Gasteiger partial charge in [0, 0.05) is 24.4 Å². The molecule has 0 saturated carbocycles. The normalized spacial score (nSPS) is 16.7. The van der Waals surface area contributed by atoms with Crippen LogP contribution in [0.2, 0.25) is 0 Å². The molecule has 3 heterocycles. The lowest BCUT2D eigenvalue weighted by atomic mass is 9.90. The smallest absolute Gasteiger partial charge is 0.274 e. The number of carbonyl (C=O) groups is 2. The Morgan fingerprint density at radius 3 is 2.74 bits per heavy atom. The van der Waals surface area contributed by atoms with Crippen molar-refractivity contribution in [3.63, 3.8) is 0 Å². The van der Waals surface area contributed by atoms with Crippen LogP contribution in [0, 0.1) is 17.1 Å². The third-order valence-corrected chi connectivity index (χ3v) is 5.46. The Morgan fingerprint density at radius 2 is 2.06 bits per heavy atom. The summed E-state index contributed by atoms with van der Waals surface area (Å²) in [5, 5.41) is 14.3. The summed E-state index contributed by atoms with van der Waals surface area (Å²) in [6.07, 6.45) is 2.86. The molecule has 1 aliphatic rings. The lowest BCUT2D eigenvalue weighted by molar-refractivity contribution is -0.119. The molecule has 1 aromatic carbocycles. The minimum absolute atomic E-state index is 0.113. The molecule has 2 aromatic heterocycles. The van der Waals surface area contributed by atoms with Gasteiger partial charge < -0.3 is 20.9 Å². The summed E-state index contributed by atoms with van der Waals surface area (Å²) >= 11 is 0. The van der Waals surface area contributed by atoms with E-state index >= 15 is 0 Å². The van der Waals surface area contributed by atoms with E-state index in [1.165, 1.54) is 43.5 Å². The lowest BCUT2D eigenvalue weighted by Gasteiger charge is -2.32. The fourth-order valence-corrected chi connectivity index (χ4v) is 3.76. The average molecular weight is 460 g/mol. The van der Waals surface area contributed by atoms with E-state index in [0.29, 0.717) is 22.8 Å². The Labute approximate surface area is 194 Å². The molecule has 4 rings (SSSR count). The molecule has 34 heavy (non-hydrogen) atoms. The third-order valence-electron chi connectivity index (χ3n) is 5.46. The first-order valence-electron chi connectivity index (χ1n) is 10.3. The Kier molecular flexibility index (Phi) is 5.81. The molecule has 172 valence electrons. The number of fused-ring (bicyclic) bond motifs is 1. The summed E-state index contributed by atoms with van der Waals surface area (Å²) in [6, 6.07) is 9.04. The van der Waals surface area contributed by atoms with E-state index in [1.54, 1.807) is 17.7 Å². The lowest BCUT2D eigenvalue weighted by Crippen LogP contribution is -2.38. The van der Waals surface area contributed by atoms with E-state index in [2.05, 4.69) is 25.6 Å². The summed E-state index contributed by atoms with van der Waals surface area (Å²) in [5.74, 6) is -0.477. The number of amides is 2. The zero-order chi connectivity index (χ0) is 24.5. The van der Waals surface area contributed by atoms with Gasteiger partial charge in [-0.05, 0) is 37.3 Å². The third kappa shape index (κ3) is 4.33. The number of hydrogen-bond donors (Lipinski definition) is 3. The first-order chi connectivity index (χ1) is 16.2. The quantitative estimate of drug-likeness (QED) is 0.528. The minimum Gasteiger partial charge on any atom is -0.382 e. The molecule has 0 unspecified atom stereocenters. The number of halogens is 1. The Bertz CT molecular complexity index is 1360. The molecule has 1 atom stereocenters. The highest BCUT2D eigenvalue weighted by Gasteiger charge is 2.36. The van der Waals surface area contributed by atoms with Crippen molar-refractivity contribution in [3.05, 3.63) is 76.9 Å². The van der Waals surface area contributed by atoms with Gasteiger partial charge in [0.15, 0.2) is 0 Å². The highest BCUT2D eigenvalue weighted by Crippen LogP contribution is 2.35. The average Bonchev–Trinajstić information content (AvgIpc) is 3.21. The molecular formula is C23H21FN8O2. The SMILES string of the molecule is CC(=O)NCc1ncc2n1C[C@@](C)(c1cc(NC(=O)c3ccc(C#N)cn3)ccc1F)N=C2N. The van der Waals surface area contributed by atoms with Crippen molar-refractivity contribution in [2.45, 2.75) is 32.5 Å². The van der Waals surface area contributed by atoms with Crippen LogP contribution in [0.4, 0.5) is 10.1 Å². The fraction of sp³-hybridized carbons (Fsp3) is 0.217. The van der Waals surface area contributed by atoms with Gasteiger partial charge in [0.25, 0.3) is 5.91 Å². The molecule has 0 saturated heterocycles. The van der Waals surface area contributed by atoms with Crippen molar-refractivity contribution in [3.8, 4) is 6.07 Å². The van der Waals surface area contributed by atoms with Crippen LogP contribution in [0.5, 0.6) is 0 Å². The number of anilines is 1.